The maximum absolute atomic E-state index is 12.0. The Morgan fingerprint density at radius 1 is 1.03 bits per heavy atom. The molecule has 0 spiro atoms. The minimum Gasteiger partial charge on any atom is -0.464 e. The molecule has 1 atom stereocenters. The van der Waals surface area contributed by atoms with E-state index >= 15 is 0 Å². The summed E-state index contributed by atoms with van der Waals surface area (Å²) in [7, 11) is -0.442. The number of benzene rings is 1. The number of rotatable bonds is 5. The van der Waals surface area contributed by atoms with Gasteiger partial charge in [0.2, 0.25) is 0 Å². The fourth-order valence-electron chi connectivity index (χ4n) is 4.18. The number of carbonyl (C=O) groups excluding carboxylic acids is 1. The topological polar surface area (TPSA) is 76.7 Å². The fourth-order valence-corrected chi connectivity index (χ4v) is 6.25. The number of aromatic nitrogens is 3. The molecule has 1 aromatic carbocycles. The minimum absolute atomic E-state index is 0.153. The number of aliphatic hydroxyl groups excluding tert-OH is 1. The highest BCUT2D eigenvalue weighted by atomic mass is 28.3. The number of carbonyl (C=O) groups is 1. The number of methoxy groups -OCH3 is 1. The Hall–Kier alpha value is -3.29. The monoisotopic (exact) mass is 445 g/mol. The van der Waals surface area contributed by atoms with Crippen molar-refractivity contribution in [2.45, 2.75) is 32.7 Å². The normalized spacial score (nSPS) is 12.7. The Bertz CT molecular complexity index is 1290. The summed E-state index contributed by atoms with van der Waals surface area (Å²) in [4.78, 5) is 16.4. The van der Waals surface area contributed by atoms with E-state index in [-0.39, 0.29) is 5.69 Å². The second-order valence-electron chi connectivity index (χ2n) is 8.88. The van der Waals surface area contributed by atoms with Crippen LogP contribution in [0.5, 0.6) is 0 Å². The van der Waals surface area contributed by atoms with Crippen molar-refractivity contribution < 1.29 is 14.6 Å². The zero-order valence-corrected chi connectivity index (χ0v) is 20.0. The van der Waals surface area contributed by atoms with Gasteiger partial charge in [-0.25, -0.2) is 14.3 Å². The van der Waals surface area contributed by atoms with E-state index in [0.717, 1.165) is 11.1 Å². The summed E-state index contributed by atoms with van der Waals surface area (Å²) in [5, 5.41) is 17.7. The van der Waals surface area contributed by atoms with E-state index in [4.69, 9.17) is 9.84 Å². The zero-order chi connectivity index (χ0) is 23.0. The number of nitrogens with zero attached hydrogens (tertiary/aromatic N) is 3. The van der Waals surface area contributed by atoms with Crippen molar-refractivity contribution >= 4 is 24.9 Å². The second kappa shape index (κ2) is 8.33. The molecule has 3 aromatic heterocycles. The largest absolute Gasteiger partial charge is 0.464 e. The van der Waals surface area contributed by atoms with Crippen LogP contribution in [0.15, 0.2) is 60.7 Å². The van der Waals surface area contributed by atoms with Gasteiger partial charge in [-0.2, -0.15) is 5.10 Å². The Labute approximate surface area is 188 Å². The number of pyridine rings is 2. The van der Waals surface area contributed by atoms with Gasteiger partial charge in [-0.05, 0) is 30.7 Å². The Balaban J connectivity index is 2.00. The molecule has 0 saturated heterocycles. The highest BCUT2D eigenvalue weighted by Crippen LogP contribution is 2.34. The molecule has 0 aliphatic carbocycles. The zero-order valence-electron chi connectivity index (χ0n) is 19.0. The van der Waals surface area contributed by atoms with Gasteiger partial charge in [0, 0.05) is 16.4 Å². The molecular formula is C25H27N3O3Si. The number of aryl methyl sites for hydroxylation is 1. The van der Waals surface area contributed by atoms with Gasteiger partial charge >= 0.3 is 5.97 Å². The summed E-state index contributed by atoms with van der Waals surface area (Å²) < 4.78 is 6.79. The molecule has 164 valence electrons. The van der Waals surface area contributed by atoms with Gasteiger partial charge in [0.15, 0.2) is 0 Å². The summed E-state index contributed by atoms with van der Waals surface area (Å²) in [6.07, 6.45) is -1.07. The molecule has 3 heterocycles. The van der Waals surface area contributed by atoms with Crippen LogP contribution in [0.4, 0.5) is 0 Å². The van der Waals surface area contributed by atoms with E-state index in [1.807, 2.05) is 40.9 Å². The van der Waals surface area contributed by atoms with E-state index in [2.05, 4.69) is 37.6 Å². The van der Waals surface area contributed by atoms with Crippen LogP contribution in [0.2, 0.25) is 19.6 Å². The van der Waals surface area contributed by atoms with Crippen LogP contribution in [0, 0.1) is 6.92 Å². The summed E-state index contributed by atoms with van der Waals surface area (Å²) >= 11 is 0. The first kappa shape index (κ1) is 21.9. The van der Waals surface area contributed by atoms with Crippen LogP contribution < -0.4 is 5.32 Å². The Kier molecular flexibility index (Phi) is 5.71. The lowest BCUT2D eigenvalue weighted by atomic mass is 9.99. The number of hydrogen-bond acceptors (Lipinski definition) is 5. The van der Waals surface area contributed by atoms with Gasteiger partial charge in [0.1, 0.15) is 19.9 Å². The van der Waals surface area contributed by atoms with E-state index in [1.165, 1.54) is 18.0 Å². The van der Waals surface area contributed by atoms with Crippen LogP contribution in [0.3, 0.4) is 0 Å². The molecule has 32 heavy (non-hydrogen) atoms. The first-order valence-electron chi connectivity index (χ1n) is 10.5. The molecular weight excluding hydrogens is 418 g/mol. The van der Waals surface area contributed by atoms with Crippen LogP contribution in [0.25, 0.3) is 16.8 Å². The molecule has 0 bridgehead atoms. The van der Waals surface area contributed by atoms with Crippen molar-refractivity contribution in [1.82, 2.24) is 14.6 Å². The van der Waals surface area contributed by atoms with Crippen molar-refractivity contribution in [3.8, 4) is 11.3 Å². The lowest BCUT2D eigenvalue weighted by molar-refractivity contribution is 0.0593. The van der Waals surface area contributed by atoms with Gasteiger partial charge in [0.05, 0.1) is 24.0 Å². The lowest BCUT2D eigenvalue weighted by Gasteiger charge is -2.21. The number of ether oxygens (including phenoxy) is 1. The third-order valence-electron chi connectivity index (χ3n) is 5.51. The van der Waals surface area contributed by atoms with Crippen molar-refractivity contribution in [3.05, 3.63) is 83.2 Å². The standard InChI is InChI=1S/C25H27N3O3Si/c1-16-14-15-20-21(23(29)18-12-9-13-19(26-18)25(30)31-2)22(17-10-7-6-8-11-17)27-28(20)24(16)32(3,4)5/h6-15,23,29H,1-5H3. The van der Waals surface area contributed by atoms with Gasteiger partial charge in [0.25, 0.3) is 0 Å². The summed E-state index contributed by atoms with van der Waals surface area (Å²) in [6.45, 7) is 8.97. The predicted molar refractivity (Wildman–Crippen MR) is 128 cm³/mol. The molecule has 0 fully saturated rings. The predicted octanol–water partition coefficient (Wildman–Crippen LogP) is 4.12. The van der Waals surface area contributed by atoms with E-state index < -0.39 is 20.1 Å². The highest BCUT2D eigenvalue weighted by molar-refractivity contribution is 6.88. The number of hydrogen-bond donors (Lipinski definition) is 1. The van der Waals surface area contributed by atoms with Crippen molar-refractivity contribution in [1.29, 1.82) is 0 Å². The Morgan fingerprint density at radius 2 is 1.75 bits per heavy atom. The molecule has 0 aliphatic heterocycles. The molecule has 0 amide bonds. The number of aliphatic hydroxyl groups is 1. The van der Waals surface area contributed by atoms with Gasteiger partial charge < -0.3 is 9.84 Å². The second-order valence-corrected chi connectivity index (χ2v) is 13.9. The quantitative estimate of drug-likeness (QED) is 0.369. The van der Waals surface area contributed by atoms with Gasteiger partial charge in [-0.15, -0.1) is 0 Å². The van der Waals surface area contributed by atoms with Crippen LogP contribution in [-0.2, 0) is 4.74 Å². The summed E-state index contributed by atoms with van der Waals surface area (Å²) in [5.74, 6) is -0.543. The fraction of sp³-hybridized carbons (Fsp3) is 0.240. The number of esters is 1. The summed E-state index contributed by atoms with van der Waals surface area (Å²) in [5.41, 5.74) is 4.83. The third kappa shape index (κ3) is 3.85. The first-order valence-corrected chi connectivity index (χ1v) is 14.0. The Morgan fingerprint density at radius 3 is 2.41 bits per heavy atom. The molecule has 7 heteroatoms. The van der Waals surface area contributed by atoms with Crippen molar-refractivity contribution in [3.63, 3.8) is 0 Å². The maximum Gasteiger partial charge on any atom is 0.356 e. The molecule has 0 radical (unpaired) electrons. The van der Waals surface area contributed by atoms with Crippen molar-refractivity contribution in [2.24, 2.45) is 0 Å². The van der Waals surface area contributed by atoms with Gasteiger partial charge in [-0.1, -0.05) is 62.1 Å². The van der Waals surface area contributed by atoms with E-state index in [1.54, 1.807) is 18.2 Å². The van der Waals surface area contributed by atoms with E-state index in [0.29, 0.717) is 17.0 Å². The van der Waals surface area contributed by atoms with Crippen LogP contribution >= 0.6 is 0 Å². The van der Waals surface area contributed by atoms with Crippen LogP contribution in [-0.4, -0.2) is 40.9 Å². The molecule has 1 N–H and O–H groups in total. The lowest BCUT2D eigenvalue weighted by Crippen LogP contribution is -2.44. The summed E-state index contributed by atoms with van der Waals surface area (Å²) in [6, 6.07) is 18.9. The SMILES string of the molecule is COC(=O)c1cccc(C(O)c2c(-c3ccccc3)nn3c([Si](C)(C)C)c(C)ccc23)n1. The average Bonchev–Trinajstić information content (AvgIpc) is 3.16. The van der Waals surface area contributed by atoms with Gasteiger partial charge in [-0.3, -0.25) is 0 Å². The molecule has 0 aliphatic rings. The molecule has 1 unspecified atom stereocenters. The van der Waals surface area contributed by atoms with Crippen LogP contribution in [0.1, 0.15) is 33.4 Å². The minimum atomic E-state index is -1.75. The smallest absolute Gasteiger partial charge is 0.356 e. The molecule has 0 saturated carbocycles. The molecule has 6 nitrogen and oxygen atoms in total. The van der Waals surface area contributed by atoms with E-state index in [9.17, 15) is 9.90 Å². The highest BCUT2D eigenvalue weighted by Gasteiger charge is 2.29. The number of fused-ring (bicyclic) bond motifs is 1. The maximum atomic E-state index is 12.0. The third-order valence-corrected chi connectivity index (χ3v) is 7.54. The molecule has 4 aromatic rings. The first-order chi connectivity index (χ1) is 15.2. The molecule has 4 rings (SSSR count). The van der Waals surface area contributed by atoms with Crippen molar-refractivity contribution in [2.75, 3.05) is 7.11 Å². The average molecular weight is 446 g/mol.